The number of fused-ring (bicyclic) bond motifs is 1. The van der Waals surface area contributed by atoms with Gasteiger partial charge in [-0.05, 0) is 36.6 Å². The summed E-state index contributed by atoms with van der Waals surface area (Å²) < 4.78 is 13.5. The van der Waals surface area contributed by atoms with E-state index in [1.807, 2.05) is 18.2 Å². The van der Waals surface area contributed by atoms with Crippen molar-refractivity contribution < 1.29 is 9.18 Å². The summed E-state index contributed by atoms with van der Waals surface area (Å²) in [7, 11) is 0. The number of amides is 1. The van der Waals surface area contributed by atoms with E-state index in [1.165, 1.54) is 0 Å². The van der Waals surface area contributed by atoms with Crippen LogP contribution in [0.4, 0.5) is 4.39 Å². The van der Waals surface area contributed by atoms with Crippen molar-refractivity contribution in [2.45, 2.75) is 25.6 Å². The van der Waals surface area contributed by atoms with Gasteiger partial charge in [-0.1, -0.05) is 24.3 Å². The number of carbonyl (C=O) groups excluding carboxylic acids is 1. The molecule has 1 aromatic carbocycles. The van der Waals surface area contributed by atoms with Crippen molar-refractivity contribution in [3.8, 4) is 11.1 Å². The summed E-state index contributed by atoms with van der Waals surface area (Å²) in [5, 5.41) is 0.724. The second-order valence-corrected chi connectivity index (χ2v) is 6.86. The van der Waals surface area contributed by atoms with Crippen molar-refractivity contribution in [1.29, 1.82) is 0 Å². The second-order valence-electron chi connectivity index (χ2n) is 6.86. The Morgan fingerprint density at radius 1 is 1.31 bits per heavy atom. The van der Waals surface area contributed by atoms with Gasteiger partial charge in [0, 0.05) is 36.4 Å². The van der Waals surface area contributed by atoms with Gasteiger partial charge < -0.3 is 10.7 Å². The van der Waals surface area contributed by atoms with Crippen LogP contribution in [0.1, 0.15) is 28.8 Å². The molecule has 2 aromatic heterocycles. The van der Waals surface area contributed by atoms with Crippen molar-refractivity contribution in [2.75, 3.05) is 13.1 Å². The average molecular weight is 352 g/mol. The van der Waals surface area contributed by atoms with Crippen molar-refractivity contribution in [2.24, 2.45) is 5.73 Å². The number of nitrogens with one attached hydrogen (secondary N) is 1. The normalized spacial score (nSPS) is 18.3. The first kappa shape index (κ1) is 16.7. The number of alkyl halides is 1. The summed E-state index contributed by atoms with van der Waals surface area (Å²) >= 11 is 0. The van der Waals surface area contributed by atoms with Gasteiger partial charge in [0.1, 0.15) is 11.8 Å². The highest BCUT2D eigenvalue weighted by Gasteiger charge is 2.19. The monoisotopic (exact) mass is 352 g/mol. The van der Waals surface area contributed by atoms with Crippen LogP contribution in [0.15, 0.2) is 42.7 Å². The lowest BCUT2D eigenvalue weighted by Gasteiger charge is -2.28. The lowest BCUT2D eigenvalue weighted by Crippen LogP contribution is -2.35. The van der Waals surface area contributed by atoms with Crippen LogP contribution in [-0.4, -0.2) is 40.0 Å². The second kappa shape index (κ2) is 6.88. The van der Waals surface area contributed by atoms with Gasteiger partial charge in [0.05, 0.1) is 5.56 Å². The predicted octanol–water partition coefficient (Wildman–Crippen LogP) is 3.26. The molecule has 0 spiro atoms. The van der Waals surface area contributed by atoms with Crippen LogP contribution >= 0.6 is 0 Å². The fraction of sp³-hybridized carbons (Fsp3) is 0.300. The number of halogens is 1. The summed E-state index contributed by atoms with van der Waals surface area (Å²) in [5.74, 6) is -0.474. The van der Waals surface area contributed by atoms with E-state index in [2.05, 4.69) is 27.0 Å². The highest BCUT2D eigenvalue weighted by atomic mass is 19.1. The zero-order chi connectivity index (χ0) is 18.1. The molecular weight excluding hydrogens is 331 g/mol. The van der Waals surface area contributed by atoms with Crippen LogP contribution in [0.5, 0.6) is 0 Å². The summed E-state index contributed by atoms with van der Waals surface area (Å²) in [5.41, 5.74) is 9.60. The molecule has 6 heteroatoms. The standard InChI is InChI=1S/C20H21FN4O/c21-16-2-1-7-25(12-16)11-13-3-5-14(6-4-13)15-8-17-18(19(22)26)10-24-20(17)23-9-15/h3-6,8-10,16H,1-2,7,11-12H2,(H2,22,26)(H,23,24). The minimum atomic E-state index is -0.707. The van der Waals surface area contributed by atoms with E-state index in [1.54, 1.807) is 12.4 Å². The molecule has 1 atom stereocenters. The Kier molecular flexibility index (Phi) is 4.42. The summed E-state index contributed by atoms with van der Waals surface area (Å²) in [6.07, 6.45) is 4.25. The van der Waals surface area contributed by atoms with Crippen molar-refractivity contribution in [3.63, 3.8) is 0 Å². The highest BCUT2D eigenvalue weighted by molar-refractivity contribution is 6.05. The maximum Gasteiger partial charge on any atom is 0.250 e. The Morgan fingerprint density at radius 2 is 2.12 bits per heavy atom. The predicted molar refractivity (Wildman–Crippen MR) is 99.5 cm³/mol. The quantitative estimate of drug-likeness (QED) is 0.757. The minimum absolute atomic E-state index is 0.442. The van der Waals surface area contributed by atoms with E-state index in [0.29, 0.717) is 24.2 Å². The molecule has 1 amide bonds. The molecule has 3 heterocycles. The molecule has 0 bridgehead atoms. The summed E-state index contributed by atoms with van der Waals surface area (Å²) in [4.78, 5) is 21.0. The highest BCUT2D eigenvalue weighted by Crippen LogP contribution is 2.25. The molecular formula is C20H21FN4O. The van der Waals surface area contributed by atoms with E-state index < -0.39 is 12.1 Å². The first-order valence-electron chi connectivity index (χ1n) is 8.83. The molecule has 0 aliphatic carbocycles. The zero-order valence-corrected chi connectivity index (χ0v) is 14.4. The molecule has 1 unspecified atom stereocenters. The molecule has 134 valence electrons. The molecule has 5 nitrogen and oxygen atoms in total. The third kappa shape index (κ3) is 3.32. The van der Waals surface area contributed by atoms with E-state index in [9.17, 15) is 9.18 Å². The van der Waals surface area contributed by atoms with Crippen LogP contribution < -0.4 is 5.73 Å². The number of piperidine rings is 1. The largest absolute Gasteiger partial charge is 0.366 e. The van der Waals surface area contributed by atoms with Crippen LogP contribution in [0.3, 0.4) is 0 Å². The molecule has 1 aliphatic heterocycles. The molecule has 0 radical (unpaired) electrons. The van der Waals surface area contributed by atoms with Gasteiger partial charge in [0.15, 0.2) is 0 Å². The van der Waals surface area contributed by atoms with Gasteiger partial charge >= 0.3 is 0 Å². The Bertz CT molecular complexity index is 935. The number of hydrogen-bond acceptors (Lipinski definition) is 3. The number of H-pyrrole nitrogens is 1. The maximum absolute atomic E-state index is 13.5. The lowest BCUT2D eigenvalue weighted by atomic mass is 10.0. The molecule has 3 aromatic rings. The Morgan fingerprint density at radius 3 is 2.85 bits per heavy atom. The number of carbonyl (C=O) groups is 1. The molecule has 1 aliphatic rings. The van der Waals surface area contributed by atoms with Gasteiger partial charge in [0.2, 0.25) is 0 Å². The number of rotatable bonds is 4. The van der Waals surface area contributed by atoms with E-state index in [-0.39, 0.29) is 0 Å². The zero-order valence-electron chi connectivity index (χ0n) is 14.4. The van der Waals surface area contributed by atoms with Gasteiger partial charge in [-0.2, -0.15) is 0 Å². The lowest BCUT2D eigenvalue weighted by molar-refractivity contribution is 0.100. The minimum Gasteiger partial charge on any atom is -0.366 e. The molecule has 3 N–H and O–H groups in total. The van der Waals surface area contributed by atoms with Gasteiger partial charge in [-0.15, -0.1) is 0 Å². The smallest absolute Gasteiger partial charge is 0.250 e. The SMILES string of the molecule is NC(=O)c1c[nH]c2ncc(-c3ccc(CN4CCCC(F)C4)cc3)cc12. The first-order valence-corrected chi connectivity index (χ1v) is 8.83. The fourth-order valence-electron chi connectivity index (χ4n) is 3.57. The van der Waals surface area contributed by atoms with Gasteiger partial charge in [-0.25, -0.2) is 9.37 Å². The molecule has 1 fully saturated rings. The molecule has 0 saturated carbocycles. The van der Waals surface area contributed by atoms with E-state index in [0.717, 1.165) is 41.6 Å². The van der Waals surface area contributed by atoms with Gasteiger partial charge in [0.25, 0.3) is 5.91 Å². The molecule has 4 rings (SSSR count). The topological polar surface area (TPSA) is 75.0 Å². The Labute approximate surface area is 151 Å². The average Bonchev–Trinajstić information content (AvgIpc) is 3.06. The van der Waals surface area contributed by atoms with Crippen molar-refractivity contribution >= 4 is 16.9 Å². The molecule has 26 heavy (non-hydrogen) atoms. The van der Waals surface area contributed by atoms with E-state index in [4.69, 9.17) is 5.73 Å². The first-order chi connectivity index (χ1) is 12.6. The fourth-order valence-corrected chi connectivity index (χ4v) is 3.57. The number of aromatic nitrogens is 2. The number of primary amides is 1. The number of nitrogens with two attached hydrogens (primary N) is 1. The third-order valence-electron chi connectivity index (χ3n) is 4.94. The van der Waals surface area contributed by atoms with E-state index >= 15 is 0 Å². The van der Waals surface area contributed by atoms with Crippen LogP contribution in [0.2, 0.25) is 0 Å². The number of aromatic amines is 1. The number of hydrogen-bond donors (Lipinski definition) is 2. The van der Waals surface area contributed by atoms with Crippen LogP contribution in [-0.2, 0) is 6.54 Å². The van der Waals surface area contributed by atoms with Gasteiger partial charge in [-0.3, -0.25) is 9.69 Å². The summed E-state index contributed by atoms with van der Waals surface area (Å²) in [6.45, 7) is 2.24. The third-order valence-corrected chi connectivity index (χ3v) is 4.94. The number of benzene rings is 1. The maximum atomic E-state index is 13.5. The summed E-state index contributed by atoms with van der Waals surface area (Å²) in [6, 6.07) is 10.1. The van der Waals surface area contributed by atoms with Crippen molar-refractivity contribution in [3.05, 3.63) is 53.9 Å². The van der Waals surface area contributed by atoms with Crippen LogP contribution in [0.25, 0.3) is 22.2 Å². The number of pyridine rings is 1. The number of nitrogens with zero attached hydrogens (tertiary/aromatic N) is 2. The number of likely N-dealkylation sites (tertiary alicyclic amines) is 1. The van der Waals surface area contributed by atoms with Crippen molar-refractivity contribution in [1.82, 2.24) is 14.9 Å². The van der Waals surface area contributed by atoms with Crippen LogP contribution in [0, 0.1) is 0 Å². The Balaban J connectivity index is 1.55. The Hall–Kier alpha value is -2.73. The molecule has 1 saturated heterocycles.